The van der Waals surface area contributed by atoms with Crippen molar-refractivity contribution in [2.24, 2.45) is 11.8 Å². The van der Waals surface area contributed by atoms with Crippen LogP contribution in [0.15, 0.2) is 43.1 Å². The Bertz CT molecular complexity index is 1120. The van der Waals surface area contributed by atoms with Gasteiger partial charge in [-0.1, -0.05) is 6.08 Å². The standard InChI is InChI=1S/C29H38N2O4/c1-6-19-18-31-15-11-20(19)16-25(31)26(34-27(32)29(4)13-7-12-28(2,3)35-29)22-10-14-30-24-9-8-21(33-5)17-23(22)24/h6,8-10,14,17,19-20,25-26H,1,7,11-13,15-16,18H2,2-5H3/t19?,20-,25-,26+,29?/m0/s1. The summed E-state index contributed by atoms with van der Waals surface area (Å²) in [7, 11) is 1.67. The Balaban J connectivity index is 1.54. The number of ether oxygens (including phenoxy) is 3. The SMILES string of the molecule is C=CC1CN2CC[C@H]1C[C@H]2[C@H](OC(=O)C1(C)CCCC(C)(C)O1)c1ccnc2ccc(OC)cc12. The molecule has 0 saturated carbocycles. The Labute approximate surface area is 208 Å². The number of nitrogens with zero attached hydrogens (tertiary/aromatic N) is 2. The maximum Gasteiger partial charge on any atom is 0.338 e. The normalized spacial score (nSPS) is 32.7. The Morgan fingerprint density at radius 2 is 2.11 bits per heavy atom. The number of carbonyl (C=O) groups is 1. The summed E-state index contributed by atoms with van der Waals surface area (Å²) < 4.78 is 18.4. The van der Waals surface area contributed by atoms with Crippen LogP contribution in [-0.4, -0.2) is 53.3 Å². The maximum absolute atomic E-state index is 13.8. The van der Waals surface area contributed by atoms with E-state index in [4.69, 9.17) is 14.2 Å². The van der Waals surface area contributed by atoms with Crippen molar-refractivity contribution in [2.75, 3.05) is 20.2 Å². The lowest BCUT2D eigenvalue weighted by atomic mass is 9.73. The minimum absolute atomic E-state index is 0.103. The molecule has 188 valence electrons. The highest BCUT2D eigenvalue weighted by atomic mass is 16.6. The first kappa shape index (κ1) is 24.3. The average molecular weight is 479 g/mol. The Morgan fingerprint density at radius 1 is 1.29 bits per heavy atom. The Kier molecular flexibility index (Phi) is 6.39. The molecule has 0 aliphatic carbocycles. The van der Waals surface area contributed by atoms with Crippen LogP contribution in [0.2, 0.25) is 0 Å². The summed E-state index contributed by atoms with van der Waals surface area (Å²) in [5.41, 5.74) is 0.551. The molecule has 4 aliphatic heterocycles. The predicted molar refractivity (Wildman–Crippen MR) is 136 cm³/mol. The first-order valence-corrected chi connectivity index (χ1v) is 12.9. The number of rotatable bonds is 6. The summed E-state index contributed by atoms with van der Waals surface area (Å²) in [6.45, 7) is 12.0. The minimum atomic E-state index is -0.951. The van der Waals surface area contributed by atoms with Gasteiger partial charge in [0.1, 0.15) is 11.9 Å². The molecule has 3 unspecified atom stereocenters. The average Bonchev–Trinajstić information content (AvgIpc) is 2.85. The number of benzene rings is 1. The number of methoxy groups -OCH3 is 1. The third-order valence-electron chi connectivity index (χ3n) is 8.39. The summed E-state index contributed by atoms with van der Waals surface area (Å²) in [5, 5.41) is 0.961. The van der Waals surface area contributed by atoms with E-state index in [0.717, 1.165) is 61.0 Å². The van der Waals surface area contributed by atoms with Gasteiger partial charge in [0.25, 0.3) is 0 Å². The fraction of sp³-hybridized carbons (Fsp3) is 0.586. The molecule has 4 aliphatic rings. The van der Waals surface area contributed by atoms with E-state index in [1.54, 1.807) is 7.11 Å². The molecule has 1 aromatic heterocycles. The predicted octanol–water partition coefficient (Wildman–Crippen LogP) is 5.46. The fourth-order valence-electron chi connectivity index (χ4n) is 6.51. The lowest BCUT2D eigenvalue weighted by Crippen LogP contribution is -2.56. The molecule has 4 saturated heterocycles. The van der Waals surface area contributed by atoms with Crippen LogP contribution < -0.4 is 4.74 Å². The molecule has 0 amide bonds. The van der Waals surface area contributed by atoms with Crippen molar-refractivity contribution in [3.05, 3.63) is 48.7 Å². The van der Waals surface area contributed by atoms with E-state index in [0.29, 0.717) is 18.3 Å². The van der Waals surface area contributed by atoms with E-state index >= 15 is 0 Å². The van der Waals surface area contributed by atoms with Crippen LogP contribution in [0.5, 0.6) is 5.75 Å². The maximum atomic E-state index is 13.8. The van der Waals surface area contributed by atoms with Gasteiger partial charge in [0, 0.05) is 23.7 Å². The van der Waals surface area contributed by atoms with Crippen LogP contribution in [0, 0.1) is 11.8 Å². The van der Waals surface area contributed by atoms with Crippen molar-refractivity contribution >= 4 is 16.9 Å². The van der Waals surface area contributed by atoms with Crippen molar-refractivity contribution < 1.29 is 19.0 Å². The van der Waals surface area contributed by atoms with E-state index in [-0.39, 0.29) is 17.6 Å². The molecule has 0 radical (unpaired) electrons. The second-order valence-corrected chi connectivity index (χ2v) is 11.3. The number of esters is 1. The number of hydrogen-bond donors (Lipinski definition) is 0. The highest BCUT2D eigenvalue weighted by Crippen LogP contribution is 2.45. The van der Waals surface area contributed by atoms with Crippen molar-refractivity contribution in [3.63, 3.8) is 0 Å². The lowest BCUT2D eigenvalue weighted by molar-refractivity contribution is -0.211. The van der Waals surface area contributed by atoms with E-state index in [1.807, 2.05) is 37.4 Å². The van der Waals surface area contributed by atoms with Crippen LogP contribution in [0.4, 0.5) is 0 Å². The summed E-state index contributed by atoms with van der Waals surface area (Å²) in [4.78, 5) is 20.9. The number of fused-ring (bicyclic) bond motifs is 4. The Morgan fingerprint density at radius 3 is 2.80 bits per heavy atom. The van der Waals surface area contributed by atoms with Gasteiger partial charge in [-0.2, -0.15) is 0 Å². The van der Waals surface area contributed by atoms with Crippen LogP contribution in [0.25, 0.3) is 10.9 Å². The number of piperidine rings is 3. The zero-order chi connectivity index (χ0) is 24.8. The largest absolute Gasteiger partial charge is 0.497 e. The quantitative estimate of drug-likeness (QED) is 0.406. The lowest BCUT2D eigenvalue weighted by Gasteiger charge is -2.51. The molecule has 2 bridgehead atoms. The van der Waals surface area contributed by atoms with E-state index < -0.39 is 11.7 Å². The summed E-state index contributed by atoms with van der Waals surface area (Å²) in [6, 6.07) is 7.99. The number of pyridine rings is 1. The number of carbonyl (C=O) groups excluding carboxylic acids is 1. The zero-order valence-electron chi connectivity index (χ0n) is 21.5. The molecule has 6 rings (SSSR count). The van der Waals surface area contributed by atoms with Gasteiger partial charge in [-0.25, -0.2) is 4.79 Å². The molecule has 4 fully saturated rings. The smallest absolute Gasteiger partial charge is 0.338 e. The molecule has 5 heterocycles. The van der Waals surface area contributed by atoms with Crippen molar-refractivity contribution in [1.82, 2.24) is 9.88 Å². The van der Waals surface area contributed by atoms with Gasteiger partial charge in [-0.15, -0.1) is 6.58 Å². The molecule has 2 aromatic rings. The minimum Gasteiger partial charge on any atom is -0.497 e. The van der Waals surface area contributed by atoms with Crippen molar-refractivity contribution in [2.45, 2.75) is 76.2 Å². The summed E-state index contributed by atoms with van der Waals surface area (Å²) >= 11 is 0. The topological polar surface area (TPSA) is 60.9 Å². The second kappa shape index (κ2) is 9.21. The van der Waals surface area contributed by atoms with Crippen LogP contribution in [0.3, 0.4) is 0 Å². The molecule has 0 spiro atoms. The monoisotopic (exact) mass is 478 g/mol. The summed E-state index contributed by atoms with van der Waals surface area (Å²) in [5.74, 6) is 1.54. The Hall–Kier alpha value is -2.44. The van der Waals surface area contributed by atoms with Gasteiger partial charge in [0.05, 0.1) is 24.3 Å². The van der Waals surface area contributed by atoms with Gasteiger partial charge in [0.2, 0.25) is 0 Å². The third-order valence-corrected chi connectivity index (χ3v) is 8.39. The molecule has 6 atom stereocenters. The highest BCUT2D eigenvalue weighted by Gasteiger charge is 2.48. The van der Waals surface area contributed by atoms with Gasteiger partial charge in [-0.05, 0) is 95.5 Å². The van der Waals surface area contributed by atoms with E-state index in [9.17, 15) is 4.79 Å². The molecular formula is C29H38N2O4. The molecule has 6 nitrogen and oxygen atoms in total. The van der Waals surface area contributed by atoms with Crippen molar-refractivity contribution in [1.29, 1.82) is 0 Å². The van der Waals surface area contributed by atoms with Gasteiger partial charge in [-0.3, -0.25) is 9.88 Å². The fourth-order valence-corrected chi connectivity index (χ4v) is 6.51. The van der Waals surface area contributed by atoms with Gasteiger partial charge < -0.3 is 14.2 Å². The molecule has 35 heavy (non-hydrogen) atoms. The first-order chi connectivity index (χ1) is 16.7. The third kappa shape index (κ3) is 4.58. The summed E-state index contributed by atoms with van der Waals surface area (Å²) in [6.07, 6.45) is 8.18. The molecule has 1 aromatic carbocycles. The molecular weight excluding hydrogens is 440 g/mol. The van der Waals surface area contributed by atoms with E-state index in [2.05, 4.69) is 36.4 Å². The van der Waals surface area contributed by atoms with Crippen LogP contribution in [0.1, 0.15) is 64.5 Å². The van der Waals surface area contributed by atoms with Crippen LogP contribution >= 0.6 is 0 Å². The molecule has 0 N–H and O–H groups in total. The van der Waals surface area contributed by atoms with Crippen molar-refractivity contribution in [3.8, 4) is 5.75 Å². The molecule has 6 heteroatoms. The van der Waals surface area contributed by atoms with Gasteiger partial charge >= 0.3 is 5.97 Å². The van der Waals surface area contributed by atoms with Gasteiger partial charge in [0.15, 0.2) is 5.60 Å². The second-order valence-electron chi connectivity index (χ2n) is 11.3. The number of hydrogen-bond acceptors (Lipinski definition) is 6. The first-order valence-electron chi connectivity index (χ1n) is 12.9. The highest BCUT2D eigenvalue weighted by molar-refractivity contribution is 5.85. The van der Waals surface area contributed by atoms with E-state index in [1.165, 1.54) is 0 Å². The number of aromatic nitrogens is 1. The van der Waals surface area contributed by atoms with Crippen LogP contribution in [-0.2, 0) is 14.3 Å². The zero-order valence-corrected chi connectivity index (χ0v) is 21.5.